The third kappa shape index (κ3) is 3.46. The topological polar surface area (TPSA) is 40.5 Å². The number of hydrogen-bond donors (Lipinski definition) is 2. The molecule has 0 aromatic heterocycles. The van der Waals surface area contributed by atoms with Gasteiger partial charge in [0.1, 0.15) is 5.82 Å². The normalized spacial score (nSPS) is 9.17. The molecule has 0 aliphatic heterocycles. The summed E-state index contributed by atoms with van der Waals surface area (Å²) in [6, 6.07) is 6.63. The molecule has 1 rings (SSSR count). The van der Waals surface area contributed by atoms with Crippen LogP contribution in [0.15, 0.2) is 24.3 Å². The predicted molar refractivity (Wildman–Crippen MR) is 45.7 cm³/mol. The summed E-state index contributed by atoms with van der Waals surface area (Å²) in [5.41, 5.74) is 1.18. The molecular formula is C9H13FO2. The second-order valence-electron chi connectivity index (χ2n) is 2.71. The lowest BCUT2D eigenvalue weighted by Crippen LogP contribution is -1.85. The molecule has 0 bridgehead atoms. The van der Waals surface area contributed by atoms with Gasteiger partial charge in [-0.2, -0.15) is 0 Å². The number of rotatable bonds is 1. The SMILES string of the molecule is CC(C)c1ccc(F)cc1.OO. The standard InChI is InChI=1S/C9H11F.H2O2/c1-7(2)8-3-5-9(10)6-4-8;1-2/h3-7H,1-2H3;1-2H. The fourth-order valence-electron chi connectivity index (χ4n) is 0.848. The third-order valence-electron chi connectivity index (χ3n) is 1.54. The van der Waals surface area contributed by atoms with E-state index < -0.39 is 0 Å². The average molecular weight is 172 g/mol. The minimum Gasteiger partial charge on any atom is -0.255 e. The van der Waals surface area contributed by atoms with E-state index in [-0.39, 0.29) is 5.82 Å². The van der Waals surface area contributed by atoms with Crippen molar-refractivity contribution in [1.29, 1.82) is 0 Å². The Hall–Kier alpha value is -0.930. The van der Waals surface area contributed by atoms with Gasteiger partial charge in [-0.15, -0.1) is 0 Å². The molecule has 0 aliphatic carbocycles. The van der Waals surface area contributed by atoms with Crippen LogP contribution in [0.2, 0.25) is 0 Å². The van der Waals surface area contributed by atoms with Crippen LogP contribution in [-0.4, -0.2) is 10.5 Å². The first kappa shape index (κ1) is 11.1. The Morgan fingerprint density at radius 3 is 1.83 bits per heavy atom. The molecule has 68 valence electrons. The van der Waals surface area contributed by atoms with Crippen molar-refractivity contribution >= 4 is 0 Å². The summed E-state index contributed by atoms with van der Waals surface area (Å²) in [7, 11) is 0. The smallest absolute Gasteiger partial charge is 0.123 e. The minimum absolute atomic E-state index is 0.163. The molecule has 0 aliphatic rings. The van der Waals surface area contributed by atoms with Crippen LogP contribution in [0.25, 0.3) is 0 Å². The maximum absolute atomic E-state index is 12.4. The van der Waals surface area contributed by atoms with Gasteiger partial charge in [-0.1, -0.05) is 26.0 Å². The van der Waals surface area contributed by atoms with Gasteiger partial charge >= 0.3 is 0 Å². The molecule has 0 heterocycles. The Labute approximate surface area is 71.2 Å². The molecule has 3 heteroatoms. The van der Waals surface area contributed by atoms with Gasteiger partial charge in [0.25, 0.3) is 0 Å². The van der Waals surface area contributed by atoms with Gasteiger partial charge in [0, 0.05) is 0 Å². The van der Waals surface area contributed by atoms with Gasteiger partial charge in [0.2, 0.25) is 0 Å². The lowest BCUT2D eigenvalue weighted by Gasteiger charge is -2.02. The minimum atomic E-state index is -0.163. The van der Waals surface area contributed by atoms with E-state index in [9.17, 15) is 4.39 Å². The molecule has 0 radical (unpaired) electrons. The second kappa shape index (κ2) is 5.69. The monoisotopic (exact) mass is 172 g/mol. The zero-order chi connectivity index (χ0) is 9.56. The largest absolute Gasteiger partial charge is 0.255 e. The van der Waals surface area contributed by atoms with Gasteiger partial charge in [0.15, 0.2) is 0 Å². The van der Waals surface area contributed by atoms with E-state index in [4.69, 9.17) is 10.5 Å². The van der Waals surface area contributed by atoms with Crippen molar-refractivity contribution in [2.45, 2.75) is 19.8 Å². The molecule has 0 unspecified atom stereocenters. The molecule has 0 atom stereocenters. The molecule has 2 nitrogen and oxygen atoms in total. The molecule has 0 fully saturated rings. The van der Waals surface area contributed by atoms with Crippen molar-refractivity contribution in [3.8, 4) is 0 Å². The molecule has 1 aromatic rings. The number of benzene rings is 1. The Morgan fingerprint density at radius 1 is 1.08 bits per heavy atom. The zero-order valence-electron chi connectivity index (χ0n) is 7.16. The second-order valence-corrected chi connectivity index (χ2v) is 2.71. The van der Waals surface area contributed by atoms with E-state index in [2.05, 4.69) is 13.8 Å². The summed E-state index contributed by atoms with van der Waals surface area (Å²) < 4.78 is 12.4. The highest BCUT2D eigenvalue weighted by Gasteiger charge is 1.96. The van der Waals surface area contributed by atoms with Crippen LogP contribution >= 0.6 is 0 Å². The Balaban J connectivity index is 0.000000561. The van der Waals surface area contributed by atoms with Gasteiger partial charge < -0.3 is 0 Å². The van der Waals surface area contributed by atoms with E-state index in [1.807, 2.05) is 12.1 Å². The van der Waals surface area contributed by atoms with E-state index in [1.165, 1.54) is 17.7 Å². The molecule has 12 heavy (non-hydrogen) atoms. The van der Waals surface area contributed by atoms with E-state index in [0.29, 0.717) is 5.92 Å². The summed E-state index contributed by atoms with van der Waals surface area (Å²) in [5, 5.41) is 12.0. The maximum Gasteiger partial charge on any atom is 0.123 e. The number of hydrogen-bond acceptors (Lipinski definition) is 2. The van der Waals surface area contributed by atoms with Gasteiger partial charge in [-0.05, 0) is 23.6 Å². The quantitative estimate of drug-likeness (QED) is 0.505. The summed E-state index contributed by atoms with van der Waals surface area (Å²) in [6.07, 6.45) is 0. The highest BCUT2D eigenvalue weighted by atomic mass is 19.1. The van der Waals surface area contributed by atoms with E-state index in [0.717, 1.165) is 0 Å². The van der Waals surface area contributed by atoms with Gasteiger partial charge in [-0.25, -0.2) is 4.39 Å². The van der Waals surface area contributed by atoms with Gasteiger partial charge in [-0.3, -0.25) is 10.5 Å². The number of halogens is 1. The molecule has 0 saturated heterocycles. The van der Waals surface area contributed by atoms with Crippen molar-refractivity contribution in [2.24, 2.45) is 0 Å². The molecule has 0 amide bonds. The zero-order valence-corrected chi connectivity index (χ0v) is 7.16. The van der Waals surface area contributed by atoms with Crippen molar-refractivity contribution in [2.75, 3.05) is 0 Å². The summed E-state index contributed by atoms with van der Waals surface area (Å²) in [6.45, 7) is 4.18. The first-order valence-corrected chi connectivity index (χ1v) is 3.65. The Morgan fingerprint density at radius 2 is 1.50 bits per heavy atom. The average Bonchev–Trinajstić information content (AvgIpc) is 2.09. The van der Waals surface area contributed by atoms with Crippen LogP contribution in [0, 0.1) is 5.82 Å². The summed E-state index contributed by atoms with van der Waals surface area (Å²) >= 11 is 0. The van der Waals surface area contributed by atoms with E-state index in [1.54, 1.807) is 0 Å². The van der Waals surface area contributed by atoms with Crippen molar-refractivity contribution in [3.63, 3.8) is 0 Å². The van der Waals surface area contributed by atoms with Crippen LogP contribution in [-0.2, 0) is 0 Å². The van der Waals surface area contributed by atoms with E-state index >= 15 is 0 Å². The predicted octanol–water partition coefficient (Wildman–Crippen LogP) is 2.97. The van der Waals surface area contributed by atoms with Crippen molar-refractivity contribution in [3.05, 3.63) is 35.6 Å². The fourth-order valence-corrected chi connectivity index (χ4v) is 0.848. The van der Waals surface area contributed by atoms with Gasteiger partial charge in [0.05, 0.1) is 0 Å². The summed E-state index contributed by atoms with van der Waals surface area (Å²) in [5.74, 6) is 0.324. The molecule has 0 spiro atoms. The van der Waals surface area contributed by atoms with Crippen molar-refractivity contribution in [1.82, 2.24) is 0 Å². The van der Waals surface area contributed by atoms with Crippen LogP contribution in [0.4, 0.5) is 4.39 Å². The molecule has 1 aromatic carbocycles. The highest BCUT2D eigenvalue weighted by molar-refractivity contribution is 5.18. The summed E-state index contributed by atoms with van der Waals surface area (Å²) in [4.78, 5) is 0. The Kier molecular flexibility index (Phi) is 5.25. The lowest BCUT2D eigenvalue weighted by atomic mass is 10.0. The first-order chi connectivity index (χ1) is 5.70. The molecule has 0 saturated carbocycles. The van der Waals surface area contributed by atoms with Crippen LogP contribution < -0.4 is 0 Å². The fraction of sp³-hybridized carbons (Fsp3) is 0.333. The first-order valence-electron chi connectivity index (χ1n) is 3.65. The van der Waals surface area contributed by atoms with Crippen LogP contribution in [0.1, 0.15) is 25.3 Å². The molecule has 2 N–H and O–H groups in total. The highest BCUT2D eigenvalue weighted by Crippen LogP contribution is 2.13. The van der Waals surface area contributed by atoms with Crippen molar-refractivity contribution < 1.29 is 14.9 Å². The molecular weight excluding hydrogens is 159 g/mol. The third-order valence-corrected chi connectivity index (χ3v) is 1.54. The van der Waals surface area contributed by atoms with Crippen LogP contribution in [0.5, 0.6) is 0 Å². The maximum atomic E-state index is 12.4. The van der Waals surface area contributed by atoms with Crippen LogP contribution in [0.3, 0.4) is 0 Å². The lowest BCUT2D eigenvalue weighted by molar-refractivity contribution is -0.176. The Bertz CT molecular complexity index is 206.